The Hall–Kier alpha value is -4.63. The lowest BCUT2D eigenvalue weighted by Crippen LogP contribution is -2.37. The third kappa shape index (κ3) is 6.25. The number of hydrogen-bond acceptors (Lipinski definition) is 5. The highest BCUT2D eigenvalue weighted by atomic mass is 19.1. The summed E-state index contributed by atoms with van der Waals surface area (Å²) in [5, 5.41) is 2.86. The third-order valence-corrected chi connectivity index (χ3v) is 7.03. The van der Waals surface area contributed by atoms with E-state index in [1.807, 2.05) is 30.3 Å². The number of carbonyl (C=O) groups is 3. The molecule has 0 saturated carbocycles. The number of fused-ring (bicyclic) bond motifs is 1. The summed E-state index contributed by atoms with van der Waals surface area (Å²) in [5.41, 5.74) is 2.88. The van der Waals surface area contributed by atoms with E-state index in [2.05, 4.69) is 5.32 Å². The summed E-state index contributed by atoms with van der Waals surface area (Å²) in [6.45, 7) is 2.59. The molecule has 0 saturated heterocycles. The molecule has 41 heavy (non-hydrogen) atoms. The Labute approximate surface area is 236 Å². The van der Waals surface area contributed by atoms with E-state index < -0.39 is 11.6 Å². The molecule has 0 bridgehead atoms. The van der Waals surface area contributed by atoms with Crippen molar-refractivity contribution in [2.75, 3.05) is 31.6 Å². The highest BCUT2D eigenvalue weighted by molar-refractivity contribution is 6.21. The number of nitrogens with zero attached hydrogens (tertiary/aromatic N) is 2. The Morgan fingerprint density at radius 3 is 2.22 bits per heavy atom. The van der Waals surface area contributed by atoms with Crippen molar-refractivity contribution in [2.45, 2.75) is 20.0 Å². The van der Waals surface area contributed by atoms with E-state index in [1.165, 1.54) is 18.3 Å². The fourth-order valence-electron chi connectivity index (χ4n) is 4.89. The third-order valence-electron chi connectivity index (χ3n) is 7.03. The van der Waals surface area contributed by atoms with Crippen LogP contribution in [0.5, 0.6) is 0 Å². The van der Waals surface area contributed by atoms with Crippen LogP contribution in [0.15, 0.2) is 84.6 Å². The highest BCUT2D eigenvalue weighted by Gasteiger charge is 2.34. The van der Waals surface area contributed by atoms with Gasteiger partial charge in [0.05, 0.1) is 24.3 Å². The summed E-state index contributed by atoms with van der Waals surface area (Å²) in [6.07, 6.45) is 3.49. The Morgan fingerprint density at radius 2 is 1.61 bits per heavy atom. The molecule has 2 aliphatic rings. The second kappa shape index (κ2) is 12.3. The fourth-order valence-corrected chi connectivity index (χ4v) is 4.89. The molecular weight excluding hydrogens is 528 g/mol. The predicted molar refractivity (Wildman–Crippen MR) is 151 cm³/mol. The molecule has 0 aliphatic carbocycles. The first-order chi connectivity index (χ1) is 19.8. The van der Waals surface area contributed by atoms with Gasteiger partial charge in [0.1, 0.15) is 18.2 Å². The summed E-state index contributed by atoms with van der Waals surface area (Å²) in [4.78, 5) is 40.4. The number of imide groups is 1. The van der Waals surface area contributed by atoms with Gasteiger partial charge in [-0.15, -0.1) is 0 Å². The van der Waals surface area contributed by atoms with E-state index in [4.69, 9.17) is 4.74 Å². The van der Waals surface area contributed by atoms with Gasteiger partial charge in [0.15, 0.2) is 0 Å². The molecule has 0 fully saturated rings. The van der Waals surface area contributed by atoms with Crippen LogP contribution in [0.3, 0.4) is 0 Å². The summed E-state index contributed by atoms with van der Waals surface area (Å²) in [6, 6.07) is 18.6. The highest BCUT2D eigenvalue weighted by Crippen LogP contribution is 2.30. The fraction of sp³-hybridized carbons (Fsp3) is 0.219. The van der Waals surface area contributed by atoms with Crippen molar-refractivity contribution in [1.82, 2.24) is 9.80 Å². The summed E-state index contributed by atoms with van der Waals surface area (Å²) >= 11 is 0. The van der Waals surface area contributed by atoms with Crippen LogP contribution >= 0.6 is 0 Å². The number of amides is 3. The number of benzene rings is 3. The van der Waals surface area contributed by atoms with Crippen molar-refractivity contribution in [3.05, 3.63) is 118 Å². The van der Waals surface area contributed by atoms with Crippen LogP contribution in [0, 0.1) is 11.6 Å². The van der Waals surface area contributed by atoms with Gasteiger partial charge in [0.2, 0.25) is 5.91 Å². The minimum atomic E-state index is -0.726. The first-order valence-corrected chi connectivity index (χ1v) is 13.3. The van der Waals surface area contributed by atoms with E-state index in [0.29, 0.717) is 41.8 Å². The van der Waals surface area contributed by atoms with E-state index in [9.17, 15) is 14.4 Å². The molecule has 210 valence electrons. The molecular formula is C32H29F2N3O4. The Kier molecular flexibility index (Phi) is 8.35. The zero-order valence-electron chi connectivity index (χ0n) is 22.5. The molecule has 2 aliphatic heterocycles. The average molecular weight is 558 g/mol. The lowest BCUT2D eigenvalue weighted by atomic mass is 9.98. The standard InChI is InChI=1S/C32H29F2N3O4/c1-21(18-37-31(39)25-9-5-6-10-26(25)32(37)40)17-35-24-15-27(33)30(28(34)16-24)23-11-13-36(14-12-23)29(38)20-41-19-22-7-3-2-4-8-22/h2-11,15-17,35H,12-14,18-20H2,1H3/b21-17+. The van der Waals surface area contributed by atoms with Crippen LogP contribution in [0.25, 0.3) is 5.57 Å². The summed E-state index contributed by atoms with van der Waals surface area (Å²) < 4.78 is 35.6. The zero-order chi connectivity index (χ0) is 28.9. The lowest BCUT2D eigenvalue weighted by molar-refractivity contribution is -0.136. The van der Waals surface area contributed by atoms with Gasteiger partial charge < -0.3 is 15.0 Å². The van der Waals surface area contributed by atoms with Crippen molar-refractivity contribution in [3.8, 4) is 0 Å². The molecule has 7 nitrogen and oxygen atoms in total. The van der Waals surface area contributed by atoms with E-state index in [0.717, 1.165) is 10.5 Å². The van der Waals surface area contributed by atoms with Crippen LogP contribution < -0.4 is 5.32 Å². The Bertz CT molecular complexity index is 1490. The number of rotatable bonds is 9. The Balaban J connectivity index is 1.17. The number of ether oxygens (including phenoxy) is 1. The molecule has 0 unspecified atom stereocenters. The van der Waals surface area contributed by atoms with Gasteiger partial charge >= 0.3 is 0 Å². The number of nitrogens with one attached hydrogen (secondary N) is 1. The predicted octanol–water partition coefficient (Wildman–Crippen LogP) is 5.41. The molecule has 2 heterocycles. The minimum Gasteiger partial charge on any atom is -0.367 e. The largest absolute Gasteiger partial charge is 0.367 e. The van der Waals surface area contributed by atoms with Crippen LogP contribution in [-0.4, -0.2) is 53.8 Å². The van der Waals surface area contributed by atoms with Crippen molar-refractivity contribution < 1.29 is 27.9 Å². The first-order valence-electron chi connectivity index (χ1n) is 13.3. The van der Waals surface area contributed by atoms with Crippen molar-refractivity contribution in [1.29, 1.82) is 0 Å². The second-order valence-corrected chi connectivity index (χ2v) is 9.99. The first kappa shape index (κ1) is 27.9. The maximum absolute atomic E-state index is 15.0. The smallest absolute Gasteiger partial charge is 0.261 e. The normalized spacial score (nSPS) is 15.2. The molecule has 9 heteroatoms. The van der Waals surface area contributed by atoms with Gasteiger partial charge in [-0.05, 0) is 54.3 Å². The number of carbonyl (C=O) groups excluding carboxylic acids is 3. The molecule has 5 rings (SSSR count). The molecule has 0 aromatic heterocycles. The number of hydrogen-bond donors (Lipinski definition) is 1. The molecule has 3 aromatic carbocycles. The minimum absolute atomic E-state index is 0.0434. The molecule has 0 spiro atoms. The quantitative estimate of drug-likeness (QED) is 0.356. The maximum atomic E-state index is 15.0. The summed E-state index contributed by atoms with van der Waals surface area (Å²) in [5.74, 6) is -2.38. The Morgan fingerprint density at radius 1 is 0.976 bits per heavy atom. The van der Waals surface area contributed by atoms with Crippen LogP contribution in [-0.2, 0) is 16.1 Å². The van der Waals surface area contributed by atoms with Crippen molar-refractivity contribution >= 4 is 29.0 Å². The lowest BCUT2D eigenvalue weighted by Gasteiger charge is -2.27. The molecule has 0 atom stereocenters. The number of anilines is 1. The van der Waals surface area contributed by atoms with Gasteiger partial charge in [-0.25, -0.2) is 8.78 Å². The number of halogens is 2. The van der Waals surface area contributed by atoms with Crippen LogP contribution in [0.2, 0.25) is 0 Å². The van der Waals surface area contributed by atoms with Crippen molar-refractivity contribution in [2.24, 2.45) is 0 Å². The van der Waals surface area contributed by atoms with Gasteiger partial charge in [-0.1, -0.05) is 48.5 Å². The second-order valence-electron chi connectivity index (χ2n) is 9.99. The van der Waals surface area contributed by atoms with Gasteiger partial charge in [0, 0.05) is 30.5 Å². The maximum Gasteiger partial charge on any atom is 0.261 e. The monoisotopic (exact) mass is 557 g/mol. The van der Waals surface area contributed by atoms with Gasteiger partial charge in [0.25, 0.3) is 11.8 Å². The van der Waals surface area contributed by atoms with Crippen LogP contribution in [0.4, 0.5) is 14.5 Å². The van der Waals surface area contributed by atoms with Crippen molar-refractivity contribution in [3.63, 3.8) is 0 Å². The molecule has 3 amide bonds. The topological polar surface area (TPSA) is 79.0 Å². The average Bonchev–Trinajstić information content (AvgIpc) is 3.21. The summed E-state index contributed by atoms with van der Waals surface area (Å²) in [7, 11) is 0. The van der Waals surface area contributed by atoms with E-state index >= 15 is 8.78 Å². The zero-order valence-corrected chi connectivity index (χ0v) is 22.5. The van der Waals surface area contributed by atoms with E-state index in [1.54, 1.807) is 42.2 Å². The molecule has 0 radical (unpaired) electrons. The van der Waals surface area contributed by atoms with Gasteiger partial charge in [-0.3, -0.25) is 19.3 Å². The molecule has 3 aromatic rings. The van der Waals surface area contributed by atoms with E-state index in [-0.39, 0.29) is 48.7 Å². The van der Waals surface area contributed by atoms with Gasteiger partial charge in [-0.2, -0.15) is 0 Å². The SMILES string of the molecule is C/C(=C\Nc1cc(F)c(C2=CCN(C(=O)COCc3ccccc3)CC2)c(F)c1)CN1C(=O)c2ccccc2C1=O. The molecule has 1 N–H and O–H groups in total. The van der Waals surface area contributed by atoms with Crippen LogP contribution in [0.1, 0.15) is 45.2 Å².